The quantitative estimate of drug-likeness (QED) is 0.185. The van der Waals surface area contributed by atoms with Crippen LogP contribution in [0, 0.1) is 0 Å². The largest absolute Gasteiger partial charge is 0.455 e. The summed E-state index contributed by atoms with van der Waals surface area (Å²) in [6.45, 7) is 0. The van der Waals surface area contributed by atoms with Gasteiger partial charge in [-0.05, 0) is 76.9 Å². The van der Waals surface area contributed by atoms with Gasteiger partial charge >= 0.3 is 0 Å². The number of thiophene rings is 1. The molecule has 0 unspecified atom stereocenters. The SMILES string of the molecule is C1=Cc2c(sc3c(N(c4ccc(-c5ccccc5)cc4)c4cc(-c5ccccc5)c5oc6c7ccccc7ccc6c5c4)cccc23)CC1. The molecule has 10 rings (SSSR count). The number of allylic oxidation sites excluding steroid dienone is 1. The number of anilines is 3. The van der Waals surface area contributed by atoms with Gasteiger partial charge in [-0.3, -0.25) is 0 Å². The third kappa shape index (κ3) is 4.62. The molecule has 2 nitrogen and oxygen atoms in total. The predicted octanol–water partition coefficient (Wildman–Crippen LogP) is 13.7. The predicted molar refractivity (Wildman–Crippen MR) is 210 cm³/mol. The third-order valence-electron chi connectivity index (χ3n) is 9.90. The third-order valence-corrected chi connectivity index (χ3v) is 11.2. The summed E-state index contributed by atoms with van der Waals surface area (Å²) in [7, 11) is 0. The fourth-order valence-electron chi connectivity index (χ4n) is 7.55. The van der Waals surface area contributed by atoms with E-state index in [1.165, 1.54) is 42.7 Å². The molecule has 0 aliphatic heterocycles. The van der Waals surface area contributed by atoms with Crippen molar-refractivity contribution in [3.63, 3.8) is 0 Å². The second kappa shape index (κ2) is 11.4. The molecule has 0 saturated heterocycles. The number of benzene rings is 7. The maximum absolute atomic E-state index is 6.86. The van der Waals surface area contributed by atoms with Crippen molar-refractivity contribution in [2.75, 3.05) is 4.90 Å². The van der Waals surface area contributed by atoms with E-state index in [-0.39, 0.29) is 0 Å². The summed E-state index contributed by atoms with van der Waals surface area (Å²) >= 11 is 1.94. The highest BCUT2D eigenvalue weighted by Crippen LogP contribution is 2.48. The van der Waals surface area contributed by atoms with Crippen molar-refractivity contribution in [3.05, 3.63) is 168 Å². The Morgan fingerprint density at radius 2 is 1.27 bits per heavy atom. The van der Waals surface area contributed by atoms with Crippen molar-refractivity contribution >= 4 is 77.3 Å². The number of furan rings is 1. The Morgan fingerprint density at radius 3 is 2.10 bits per heavy atom. The monoisotopic (exact) mass is 645 g/mol. The molecule has 0 fully saturated rings. The molecule has 0 atom stereocenters. The maximum Gasteiger partial charge on any atom is 0.143 e. The zero-order valence-corrected chi connectivity index (χ0v) is 27.6. The molecule has 0 spiro atoms. The fourth-order valence-corrected chi connectivity index (χ4v) is 8.85. The smallest absolute Gasteiger partial charge is 0.143 e. The summed E-state index contributed by atoms with van der Waals surface area (Å²) in [6, 6.07) is 54.7. The Hall–Kier alpha value is -5.90. The molecule has 2 aromatic heterocycles. The highest BCUT2D eigenvalue weighted by Gasteiger charge is 2.23. The summed E-state index contributed by atoms with van der Waals surface area (Å²) in [5.74, 6) is 0. The lowest BCUT2D eigenvalue weighted by molar-refractivity contribution is 0.674. The van der Waals surface area contributed by atoms with Gasteiger partial charge in [0.1, 0.15) is 11.2 Å². The molecule has 0 bridgehead atoms. The van der Waals surface area contributed by atoms with Crippen LogP contribution in [0.2, 0.25) is 0 Å². The van der Waals surface area contributed by atoms with E-state index in [9.17, 15) is 0 Å². The topological polar surface area (TPSA) is 16.4 Å². The minimum absolute atomic E-state index is 0.913. The maximum atomic E-state index is 6.86. The molecular weight excluding hydrogens is 615 g/mol. The lowest BCUT2D eigenvalue weighted by Crippen LogP contribution is -2.10. The minimum atomic E-state index is 0.913. The standard InChI is InChI=1S/C46H31NOS/c1-3-12-30(13-4-1)31-22-25-34(26-23-31)47(42-20-11-19-39-37-18-9-10-21-43(37)49-46(39)42)35-28-40(32-14-5-2-6-15-32)45-41(29-35)38-27-24-33-16-7-8-17-36(33)44(38)48-45/h1-9,11-20,22-29H,10,21H2. The van der Waals surface area contributed by atoms with Crippen LogP contribution < -0.4 is 4.90 Å². The second-order valence-electron chi connectivity index (χ2n) is 12.8. The van der Waals surface area contributed by atoms with Crippen molar-refractivity contribution in [2.45, 2.75) is 12.8 Å². The van der Waals surface area contributed by atoms with Gasteiger partial charge in [0.25, 0.3) is 0 Å². The summed E-state index contributed by atoms with van der Waals surface area (Å²) in [6.07, 6.45) is 6.82. The fraction of sp³-hybridized carbons (Fsp3) is 0.0435. The van der Waals surface area contributed by atoms with Crippen LogP contribution in [0.1, 0.15) is 16.9 Å². The van der Waals surface area contributed by atoms with Gasteiger partial charge in [-0.15, -0.1) is 11.3 Å². The number of rotatable bonds is 5. The average Bonchev–Trinajstić information content (AvgIpc) is 3.75. The molecule has 0 saturated carbocycles. The number of hydrogen-bond donors (Lipinski definition) is 0. The van der Waals surface area contributed by atoms with Crippen LogP contribution in [0.3, 0.4) is 0 Å². The van der Waals surface area contributed by atoms with E-state index in [0.717, 1.165) is 62.7 Å². The van der Waals surface area contributed by atoms with E-state index in [0.29, 0.717) is 0 Å². The first kappa shape index (κ1) is 28.1. The number of aryl methyl sites for hydroxylation is 1. The zero-order chi connectivity index (χ0) is 32.3. The molecule has 3 heteroatoms. The molecule has 1 aliphatic carbocycles. The van der Waals surface area contributed by atoms with Crippen LogP contribution in [-0.4, -0.2) is 0 Å². The van der Waals surface area contributed by atoms with E-state index in [4.69, 9.17) is 4.42 Å². The normalized spacial score (nSPS) is 12.7. The first-order valence-electron chi connectivity index (χ1n) is 16.9. The van der Waals surface area contributed by atoms with E-state index in [1.807, 2.05) is 11.3 Å². The lowest BCUT2D eigenvalue weighted by atomic mass is 9.99. The number of nitrogens with zero attached hydrogens (tertiary/aromatic N) is 1. The van der Waals surface area contributed by atoms with Gasteiger partial charge < -0.3 is 9.32 Å². The average molecular weight is 646 g/mol. The van der Waals surface area contributed by atoms with Crippen molar-refractivity contribution in [1.29, 1.82) is 0 Å². The Balaban J connectivity index is 1.27. The molecule has 9 aromatic rings. The van der Waals surface area contributed by atoms with Crippen molar-refractivity contribution < 1.29 is 4.42 Å². The summed E-state index contributed by atoms with van der Waals surface area (Å²) in [5, 5.41) is 5.87. The van der Waals surface area contributed by atoms with Crippen LogP contribution in [0.15, 0.2) is 162 Å². The first-order chi connectivity index (χ1) is 24.3. The Bertz CT molecular complexity index is 2700. The molecule has 232 valence electrons. The van der Waals surface area contributed by atoms with Crippen LogP contribution in [0.4, 0.5) is 17.1 Å². The lowest BCUT2D eigenvalue weighted by Gasteiger charge is -2.27. The Morgan fingerprint density at radius 1 is 0.531 bits per heavy atom. The van der Waals surface area contributed by atoms with Crippen molar-refractivity contribution in [1.82, 2.24) is 0 Å². The summed E-state index contributed by atoms with van der Waals surface area (Å²) in [5.41, 5.74) is 11.3. The molecule has 2 heterocycles. The number of hydrogen-bond acceptors (Lipinski definition) is 3. The number of fused-ring (bicyclic) bond motifs is 8. The van der Waals surface area contributed by atoms with E-state index in [1.54, 1.807) is 0 Å². The Labute approximate surface area is 288 Å². The molecule has 0 radical (unpaired) electrons. The van der Waals surface area contributed by atoms with Crippen LogP contribution >= 0.6 is 11.3 Å². The first-order valence-corrected chi connectivity index (χ1v) is 17.7. The van der Waals surface area contributed by atoms with Gasteiger partial charge in [0.05, 0.1) is 10.4 Å². The van der Waals surface area contributed by atoms with E-state index >= 15 is 0 Å². The highest BCUT2D eigenvalue weighted by atomic mass is 32.1. The highest BCUT2D eigenvalue weighted by molar-refractivity contribution is 7.20. The Kier molecular flexibility index (Phi) is 6.53. The molecule has 7 aromatic carbocycles. The molecule has 1 aliphatic rings. The second-order valence-corrected chi connectivity index (χ2v) is 13.9. The van der Waals surface area contributed by atoms with Gasteiger partial charge in [-0.25, -0.2) is 0 Å². The van der Waals surface area contributed by atoms with Gasteiger partial charge in [-0.1, -0.05) is 127 Å². The van der Waals surface area contributed by atoms with Gasteiger partial charge in [0.15, 0.2) is 0 Å². The van der Waals surface area contributed by atoms with Crippen LogP contribution in [0.25, 0.3) is 71.1 Å². The van der Waals surface area contributed by atoms with Gasteiger partial charge in [-0.2, -0.15) is 0 Å². The van der Waals surface area contributed by atoms with Crippen molar-refractivity contribution in [2.24, 2.45) is 0 Å². The van der Waals surface area contributed by atoms with Gasteiger partial charge in [0.2, 0.25) is 0 Å². The molecular formula is C46H31NOS. The van der Waals surface area contributed by atoms with E-state index < -0.39 is 0 Å². The van der Waals surface area contributed by atoms with Crippen molar-refractivity contribution in [3.8, 4) is 22.3 Å². The molecule has 0 amide bonds. The van der Waals surface area contributed by atoms with Crippen LogP contribution in [0.5, 0.6) is 0 Å². The zero-order valence-electron chi connectivity index (χ0n) is 26.8. The summed E-state index contributed by atoms with van der Waals surface area (Å²) in [4.78, 5) is 3.92. The van der Waals surface area contributed by atoms with E-state index in [2.05, 4.69) is 169 Å². The van der Waals surface area contributed by atoms with Gasteiger partial charge in [0, 0.05) is 43.4 Å². The summed E-state index contributed by atoms with van der Waals surface area (Å²) < 4.78 is 8.18. The molecule has 0 N–H and O–H groups in total. The van der Waals surface area contributed by atoms with Crippen LogP contribution in [-0.2, 0) is 6.42 Å². The molecule has 49 heavy (non-hydrogen) atoms. The minimum Gasteiger partial charge on any atom is -0.455 e.